The summed E-state index contributed by atoms with van der Waals surface area (Å²) >= 11 is 0. The lowest BCUT2D eigenvalue weighted by molar-refractivity contribution is -0.137. The Hall–Kier alpha value is -4.25. The van der Waals surface area contributed by atoms with Gasteiger partial charge in [-0.1, -0.05) is 18.2 Å². The van der Waals surface area contributed by atoms with Crippen LogP contribution in [0.25, 0.3) is 10.8 Å². The monoisotopic (exact) mass is 530 g/mol. The van der Waals surface area contributed by atoms with Crippen molar-refractivity contribution in [3.05, 3.63) is 95.6 Å². The van der Waals surface area contributed by atoms with Crippen LogP contribution in [-0.2, 0) is 22.6 Å². The van der Waals surface area contributed by atoms with Gasteiger partial charge < -0.3 is 15.5 Å². The molecule has 4 aromatic rings. The van der Waals surface area contributed by atoms with E-state index in [0.29, 0.717) is 29.3 Å². The molecular weight excluding hydrogens is 509 g/mol. The number of halogens is 3. The molecule has 0 spiro atoms. The second kappa shape index (κ2) is 10.0. The van der Waals surface area contributed by atoms with E-state index in [9.17, 15) is 36.6 Å². The highest BCUT2D eigenvalue weighted by Crippen LogP contribution is 2.30. The van der Waals surface area contributed by atoms with Gasteiger partial charge in [0.2, 0.25) is 0 Å². The van der Waals surface area contributed by atoms with Crippen molar-refractivity contribution >= 4 is 32.4 Å². The van der Waals surface area contributed by atoms with Crippen LogP contribution in [-0.4, -0.2) is 31.1 Å². The van der Waals surface area contributed by atoms with Crippen LogP contribution in [0.4, 0.5) is 18.9 Å². The van der Waals surface area contributed by atoms with Gasteiger partial charge in [0.25, 0.3) is 15.9 Å². The van der Waals surface area contributed by atoms with E-state index in [1.54, 1.807) is 18.2 Å². The number of hydrogen-bond acceptors (Lipinski definition) is 5. The smallest absolute Gasteiger partial charge is 0.416 e. The van der Waals surface area contributed by atoms with Crippen molar-refractivity contribution < 1.29 is 36.6 Å². The number of phenols is 2. The van der Waals surface area contributed by atoms with Crippen molar-refractivity contribution in [2.24, 2.45) is 0 Å². The molecule has 0 aromatic heterocycles. The molecule has 0 bridgehead atoms. The fraction of sp³-hybridized carbons (Fsp3) is 0.115. The van der Waals surface area contributed by atoms with Gasteiger partial charge in [-0.25, -0.2) is 8.42 Å². The number of aromatic hydroxyl groups is 2. The first kappa shape index (κ1) is 25.8. The van der Waals surface area contributed by atoms with Gasteiger partial charge in [-0.15, -0.1) is 0 Å². The van der Waals surface area contributed by atoms with E-state index >= 15 is 0 Å². The van der Waals surface area contributed by atoms with E-state index in [2.05, 4.69) is 10.0 Å². The Bertz CT molecular complexity index is 1550. The predicted octanol–water partition coefficient (Wildman–Crippen LogP) is 5.04. The third-order valence-corrected chi connectivity index (χ3v) is 6.98. The minimum absolute atomic E-state index is 0.0367. The molecule has 0 radical (unpaired) electrons. The molecule has 0 saturated carbocycles. The number of benzene rings is 4. The fourth-order valence-corrected chi connectivity index (χ4v) is 4.71. The van der Waals surface area contributed by atoms with Crippen LogP contribution in [0.1, 0.15) is 21.5 Å². The second-order valence-electron chi connectivity index (χ2n) is 8.23. The Morgan fingerprint density at radius 2 is 1.51 bits per heavy atom. The molecule has 0 atom stereocenters. The molecular formula is C26H21F3N2O5S. The van der Waals surface area contributed by atoms with Crippen molar-refractivity contribution in [2.75, 3.05) is 11.3 Å². The summed E-state index contributed by atoms with van der Waals surface area (Å²) in [4.78, 5) is 12.2. The first-order valence-corrected chi connectivity index (χ1v) is 12.4. The van der Waals surface area contributed by atoms with Crippen LogP contribution in [0.3, 0.4) is 0 Å². The van der Waals surface area contributed by atoms with Crippen LogP contribution in [0.5, 0.6) is 11.5 Å². The zero-order valence-corrected chi connectivity index (χ0v) is 19.9. The number of hydrogen-bond donors (Lipinski definition) is 4. The lowest BCUT2D eigenvalue weighted by Gasteiger charge is -2.11. The van der Waals surface area contributed by atoms with Crippen LogP contribution in [0.2, 0.25) is 0 Å². The molecule has 0 aliphatic heterocycles. The summed E-state index contributed by atoms with van der Waals surface area (Å²) in [6.07, 6.45) is -4.16. The third-order valence-electron chi connectivity index (χ3n) is 5.58. The number of alkyl halides is 3. The average molecular weight is 531 g/mol. The highest BCUT2D eigenvalue weighted by atomic mass is 32.2. The van der Waals surface area contributed by atoms with Gasteiger partial charge >= 0.3 is 6.18 Å². The highest BCUT2D eigenvalue weighted by molar-refractivity contribution is 7.92. The normalized spacial score (nSPS) is 11.9. The van der Waals surface area contributed by atoms with Gasteiger partial charge in [0.15, 0.2) is 0 Å². The quantitative estimate of drug-likeness (QED) is 0.267. The Balaban J connectivity index is 1.35. The number of rotatable bonds is 7. The minimum Gasteiger partial charge on any atom is -0.508 e. The zero-order valence-electron chi connectivity index (χ0n) is 19.1. The maximum absolute atomic E-state index is 12.7. The van der Waals surface area contributed by atoms with Gasteiger partial charge in [0.05, 0.1) is 16.0 Å². The van der Waals surface area contributed by atoms with Crippen molar-refractivity contribution in [2.45, 2.75) is 17.5 Å². The molecule has 37 heavy (non-hydrogen) atoms. The number of phenolic OH excluding ortho intramolecular Hbond substituents is 2. The number of carbonyl (C=O) groups is 1. The summed E-state index contributed by atoms with van der Waals surface area (Å²) in [6, 6.07) is 17.0. The first-order valence-electron chi connectivity index (χ1n) is 11.0. The zero-order chi connectivity index (χ0) is 26.8. The standard InChI is InChI=1S/C26H21F3N2O5S/c27-26(28,29)19-4-9-22(10-5-19)37(35,36)31-20-6-1-16(2-7-20)11-12-30-25(34)23-14-18-13-21(32)8-3-17(18)15-24(23)33/h1-10,13-15,31-33H,11-12H2,(H,30,34). The lowest BCUT2D eigenvalue weighted by Crippen LogP contribution is -2.25. The van der Waals surface area contributed by atoms with E-state index in [0.717, 1.165) is 17.7 Å². The van der Waals surface area contributed by atoms with Crippen LogP contribution in [0.15, 0.2) is 83.8 Å². The number of nitrogens with one attached hydrogen (secondary N) is 2. The molecule has 0 saturated heterocycles. The molecule has 0 unspecified atom stereocenters. The summed E-state index contributed by atoms with van der Waals surface area (Å²) in [6.45, 7) is 0.229. The maximum atomic E-state index is 12.7. The Morgan fingerprint density at radius 1 is 0.838 bits per heavy atom. The molecule has 4 rings (SSSR count). The molecule has 0 aliphatic carbocycles. The highest BCUT2D eigenvalue weighted by Gasteiger charge is 2.30. The van der Waals surface area contributed by atoms with Crippen molar-refractivity contribution in [3.8, 4) is 11.5 Å². The summed E-state index contributed by atoms with van der Waals surface area (Å²) in [7, 11) is -4.08. The van der Waals surface area contributed by atoms with E-state index in [1.165, 1.54) is 36.4 Å². The van der Waals surface area contributed by atoms with E-state index < -0.39 is 27.7 Å². The number of amides is 1. The molecule has 11 heteroatoms. The molecule has 0 heterocycles. The summed E-state index contributed by atoms with van der Waals surface area (Å²) in [5, 5.41) is 23.8. The first-order chi connectivity index (χ1) is 17.4. The largest absolute Gasteiger partial charge is 0.508 e. The molecule has 0 fully saturated rings. The van der Waals surface area contributed by atoms with E-state index in [4.69, 9.17) is 0 Å². The molecule has 192 valence electrons. The number of carbonyl (C=O) groups excluding carboxylic acids is 1. The van der Waals surface area contributed by atoms with Gasteiger partial charge in [0, 0.05) is 12.2 Å². The van der Waals surface area contributed by atoms with Crippen LogP contribution in [0, 0.1) is 0 Å². The molecule has 7 nitrogen and oxygen atoms in total. The van der Waals surface area contributed by atoms with Gasteiger partial charge in [-0.05, 0) is 83.4 Å². The number of sulfonamides is 1. The summed E-state index contributed by atoms with van der Waals surface area (Å²) in [5.74, 6) is -0.654. The molecule has 1 amide bonds. The SMILES string of the molecule is O=C(NCCc1ccc(NS(=O)(=O)c2ccc(C(F)(F)F)cc2)cc1)c1cc2cc(O)ccc2cc1O. The van der Waals surface area contributed by atoms with Gasteiger partial charge in [0.1, 0.15) is 11.5 Å². The molecule has 4 N–H and O–H groups in total. The fourth-order valence-electron chi connectivity index (χ4n) is 3.65. The minimum atomic E-state index is -4.56. The number of anilines is 1. The van der Waals surface area contributed by atoms with Crippen LogP contribution >= 0.6 is 0 Å². The summed E-state index contributed by atoms with van der Waals surface area (Å²) < 4.78 is 65.4. The Morgan fingerprint density at radius 3 is 2.16 bits per heavy atom. The van der Waals surface area contributed by atoms with E-state index in [1.807, 2.05) is 0 Å². The second-order valence-corrected chi connectivity index (χ2v) is 9.91. The van der Waals surface area contributed by atoms with E-state index in [-0.39, 0.29) is 34.2 Å². The molecule has 0 aliphatic rings. The number of fused-ring (bicyclic) bond motifs is 1. The lowest BCUT2D eigenvalue weighted by atomic mass is 10.0. The van der Waals surface area contributed by atoms with Gasteiger partial charge in [-0.2, -0.15) is 13.2 Å². The van der Waals surface area contributed by atoms with Crippen molar-refractivity contribution in [1.82, 2.24) is 5.32 Å². The average Bonchev–Trinajstić information content (AvgIpc) is 2.84. The third kappa shape index (κ3) is 6.12. The maximum Gasteiger partial charge on any atom is 0.416 e. The van der Waals surface area contributed by atoms with Gasteiger partial charge in [-0.3, -0.25) is 9.52 Å². The predicted molar refractivity (Wildman–Crippen MR) is 132 cm³/mol. The molecule has 4 aromatic carbocycles. The Labute approximate surface area is 210 Å². The van der Waals surface area contributed by atoms with Crippen LogP contribution < -0.4 is 10.0 Å². The summed E-state index contributed by atoms with van der Waals surface area (Å²) in [5.41, 5.74) is 0.117. The Kier molecular flexibility index (Phi) is 6.99. The van der Waals surface area contributed by atoms with Crippen molar-refractivity contribution in [1.29, 1.82) is 0 Å². The van der Waals surface area contributed by atoms with Crippen molar-refractivity contribution in [3.63, 3.8) is 0 Å². The topological polar surface area (TPSA) is 116 Å².